The Balaban J connectivity index is 2.30. The van der Waals surface area contributed by atoms with Gasteiger partial charge >= 0.3 is 6.18 Å². The van der Waals surface area contributed by atoms with Crippen molar-refractivity contribution in [3.63, 3.8) is 0 Å². The molecule has 0 heterocycles. The average Bonchev–Trinajstić information content (AvgIpc) is 2.45. The number of nitrogens with two attached hydrogens (primary N) is 1. The summed E-state index contributed by atoms with van der Waals surface area (Å²) in [6, 6.07) is 12.1. The third-order valence-electron chi connectivity index (χ3n) is 3.04. The van der Waals surface area contributed by atoms with Crippen molar-refractivity contribution in [3.05, 3.63) is 59.7 Å². The van der Waals surface area contributed by atoms with Crippen LogP contribution in [0, 0.1) is 0 Å². The van der Waals surface area contributed by atoms with Crippen LogP contribution in [0.4, 0.5) is 24.5 Å². The van der Waals surface area contributed by atoms with E-state index in [-0.39, 0.29) is 0 Å². The number of anilines is 1. The molecule has 0 fully saturated rings. The van der Waals surface area contributed by atoms with Crippen molar-refractivity contribution in [2.75, 3.05) is 5.73 Å². The van der Waals surface area contributed by atoms with Crippen molar-refractivity contribution in [1.82, 2.24) is 0 Å². The summed E-state index contributed by atoms with van der Waals surface area (Å²) in [6.45, 7) is 1.94. The van der Waals surface area contributed by atoms with Crippen LogP contribution in [-0.4, -0.2) is 5.71 Å². The number of benzene rings is 2. The molecule has 21 heavy (non-hydrogen) atoms. The van der Waals surface area contributed by atoms with Gasteiger partial charge in [0.05, 0.1) is 11.3 Å². The Morgan fingerprint density at radius 3 is 2.05 bits per heavy atom. The Bertz CT molecular complexity index is 626. The van der Waals surface area contributed by atoms with Gasteiger partial charge in [-0.25, -0.2) is 0 Å². The molecule has 0 aromatic heterocycles. The lowest BCUT2D eigenvalue weighted by Gasteiger charge is -2.07. The summed E-state index contributed by atoms with van der Waals surface area (Å²) in [5.41, 5.74) is 7.82. The summed E-state index contributed by atoms with van der Waals surface area (Å²) in [4.78, 5) is 4.41. The third kappa shape index (κ3) is 3.84. The molecule has 110 valence electrons. The fourth-order valence-corrected chi connectivity index (χ4v) is 1.90. The Kier molecular flexibility index (Phi) is 4.31. The van der Waals surface area contributed by atoms with Gasteiger partial charge in [0.2, 0.25) is 0 Å². The second-order valence-corrected chi connectivity index (χ2v) is 4.58. The topological polar surface area (TPSA) is 38.4 Å². The van der Waals surface area contributed by atoms with Crippen LogP contribution in [0.25, 0.3) is 0 Å². The van der Waals surface area contributed by atoms with Gasteiger partial charge in [0, 0.05) is 11.4 Å². The molecule has 0 amide bonds. The first-order chi connectivity index (χ1) is 9.90. The van der Waals surface area contributed by atoms with Gasteiger partial charge in [-0.1, -0.05) is 19.1 Å². The molecule has 2 rings (SSSR count). The van der Waals surface area contributed by atoms with Gasteiger partial charge < -0.3 is 5.73 Å². The van der Waals surface area contributed by atoms with Crippen molar-refractivity contribution in [2.45, 2.75) is 19.5 Å². The molecule has 0 aliphatic heterocycles. The van der Waals surface area contributed by atoms with Gasteiger partial charge in [0.1, 0.15) is 0 Å². The van der Waals surface area contributed by atoms with Crippen LogP contribution in [0.2, 0.25) is 0 Å². The number of halogens is 3. The van der Waals surface area contributed by atoms with Crippen molar-refractivity contribution >= 4 is 17.1 Å². The minimum Gasteiger partial charge on any atom is -0.399 e. The summed E-state index contributed by atoms with van der Waals surface area (Å²) >= 11 is 0. The summed E-state index contributed by atoms with van der Waals surface area (Å²) in [5.74, 6) is 0. The molecule has 5 heteroatoms. The lowest BCUT2D eigenvalue weighted by atomic mass is 10.1. The number of hydrogen-bond donors (Lipinski definition) is 1. The minimum atomic E-state index is -4.33. The molecule has 0 aliphatic carbocycles. The zero-order valence-electron chi connectivity index (χ0n) is 11.5. The van der Waals surface area contributed by atoms with E-state index in [4.69, 9.17) is 5.73 Å². The molecule has 2 aromatic rings. The van der Waals surface area contributed by atoms with E-state index in [1.54, 1.807) is 12.1 Å². The fraction of sp³-hybridized carbons (Fsp3) is 0.188. The maximum absolute atomic E-state index is 12.5. The predicted octanol–water partition coefficient (Wildman–Crippen LogP) is 4.82. The molecule has 2 N–H and O–H groups in total. The summed E-state index contributed by atoms with van der Waals surface area (Å²) in [7, 11) is 0. The number of nitrogens with zero attached hydrogens (tertiary/aromatic N) is 1. The second kappa shape index (κ2) is 5.99. The van der Waals surface area contributed by atoms with Gasteiger partial charge in [-0.15, -0.1) is 0 Å². The Labute approximate surface area is 121 Å². The number of hydrogen-bond acceptors (Lipinski definition) is 2. The Hall–Kier alpha value is -2.30. The number of alkyl halides is 3. The summed E-state index contributed by atoms with van der Waals surface area (Å²) in [5, 5.41) is 0. The van der Waals surface area contributed by atoms with E-state index in [0.717, 1.165) is 23.4 Å². The number of nitrogen functional groups attached to an aromatic ring is 1. The van der Waals surface area contributed by atoms with E-state index >= 15 is 0 Å². The van der Waals surface area contributed by atoms with E-state index in [9.17, 15) is 13.2 Å². The maximum Gasteiger partial charge on any atom is 0.416 e. The standard InChI is InChI=1S/C16H15F3N2/c1-2-15(11-3-7-13(20)8-4-11)21-14-9-5-12(6-10-14)16(17,18)19/h3-10H,2,20H2,1H3. The molecule has 0 spiro atoms. The predicted molar refractivity (Wildman–Crippen MR) is 78.8 cm³/mol. The average molecular weight is 292 g/mol. The highest BCUT2D eigenvalue weighted by Gasteiger charge is 2.29. The van der Waals surface area contributed by atoms with Crippen LogP contribution in [-0.2, 0) is 6.18 Å². The lowest BCUT2D eigenvalue weighted by molar-refractivity contribution is -0.137. The van der Waals surface area contributed by atoms with E-state index in [1.165, 1.54) is 12.1 Å². The molecular weight excluding hydrogens is 277 g/mol. The first kappa shape index (κ1) is 15.1. The molecule has 2 aromatic carbocycles. The normalized spacial score (nSPS) is 12.5. The molecule has 0 atom stereocenters. The molecule has 0 aliphatic rings. The number of aliphatic imine (C=N–C) groups is 1. The van der Waals surface area contributed by atoms with E-state index in [0.29, 0.717) is 17.8 Å². The smallest absolute Gasteiger partial charge is 0.399 e. The van der Waals surface area contributed by atoms with Gasteiger partial charge in [0.15, 0.2) is 0 Å². The second-order valence-electron chi connectivity index (χ2n) is 4.58. The quantitative estimate of drug-likeness (QED) is 0.639. The molecule has 0 unspecified atom stereocenters. The summed E-state index contributed by atoms with van der Waals surface area (Å²) < 4.78 is 37.5. The summed E-state index contributed by atoms with van der Waals surface area (Å²) in [6.07, 6.45) is -3.66. The van der Waals surface area contributed by atoms with Crippen LogP contribution in [0.15, 0.2) is 53.5 Å². The molecule has 0 saturated carbocycles. The van der Waals surface area contributed by atoms with Crippen LogP contribution in [0.3, 0.4) is 0 Å². The highest BCUT2D eigenvalue weighted by atomic mass is 19.4. The van der Waals surface area contributed by atoms with Crippen molar-refractivity contribution < 1.29 is 13.2 Å². The van der Waals surface area contributed by atoms with Crippen molar-refractivity contribution in [1.29, 1.82) is 0 Å². The van der Waals surface area contributed by atoms with Gasteiger partial charge in [-0.05, 0) is 48.4 Å². The fourth-order valence-electron chi connectivity index (χ4n) is 1.90. The molecule has 2 nitrogen and oxygen atoms in total. The van der Waals surface area contributed by atoms with Crippen LogP contribution in [0.1, 0.15) is 24.5 Å². The number of rotatable bonds is 3. The molecule has 0 saturated heterocycles. The Morgan fingerprint density at radius 1 is 1.00 bits per heavy atom. The van der Waals surface area contributed by atoms with E-state index < -0.39 is 11.7 Å². The molecule has 0 radical (unpaired) electrons. The molecular formula is C16H15F3N2. The first-order valence-corrected chi connectivity index (χ1v) is 6.51. The van der Waals surface area contributed by atoms with Crippen LogP contribution >= 0.6 is 0 Å². The third-order valence-corrected chi connectivity index (χ3v) is 3.04. The van der Waals surface area contributed by atoms with Gasteiger partial charge in [-0.2, -0.15) is 13.2 Å². The highest BCUT2D eigenvalue weighted by Crippen LogP contribution is 2.30. The Morgan fingerprint density at radius 2 is 1.57 bits per heavy atom. The monoisotopic (exact) mass is 292 g/mol. The van der Waals surface area contributed by atoms with Crippen LogP contribution < -0.4 is 5.73 Å². The largest absolute Gasteiger partial charge is 0.416 e. The highest BCUT2D eigenvalue weighted by molar-refractivity contribution is 6.02. The van der Waals surface area contributed by atoms with E-state index in [1.807, 2.05) is 19.1 Å². The zero-order valence-corrected chi connectivity index (χ0v) is 11.5. The lowest BCUT2D eigenvalue weighted by Crippen LogP contribution is -2.04. The van der Waals surface area contributed by atoms with Gasteiger partial charge in [-0.3, -0.25) is 4.99 Å². The van der Waals surface area contributed by atoms with Crippen molar-refractivity contribution in [3.8, 4) is 0 Å². The first-order valence-electron chi connectivity index (χ1n) is 6.51. The maximum atomic E-state index is 12.5. The van der Waals surface area contributed by atoms with E-state index in [2.05, 4.69) is 4.99 Å². The van der Waals surface area contributed by atoms with Gasteiger partial charge in [0.25, 0.3) is 0 Å². The molecule has 0 bridgehead atoms. The minimum absolute atomic E-state index is 0.497. The zero-order chi connectivity index (χ0) is 15.5. The van der Waals surface area contributed by atoms with Crippen molar-refractivity contribution in [2.24, 2.45) is 4.99 Å². The SMILES string of the molecule is CCC(=Nc1ccc(C(F)(F)F)cc1)c1ccc(N)cc1. The van der Waals surface area contributed by atoms with Crippen LogP contribution in [0.5, 0.6) is 0 Å².